The van der Waals surface area contributed by atoms with E-state index < -0.39 is 0 Å². The van der Waals surface area contributed by atoms with Crippen molar-refractivity contribution in [2.45, 2.75) is 47.1 Å². The van der Waals surface area contributed by atoms with Crippen molar-refractivity contribution in [1.29, 1.82) is 0 Å². The molecule has 0 aliphatic heterocycles. The molecule has 0 bridgehead atoms. The van der Waals surface area contributed by atoms with Crippen LogP contribution in [0.4, 0.5) is 0 Å². The van der Waals surface area contributed by atoms with Gasteiger partial charge in [-0.2, -0.15) is 0 Å². The average molecular weight is 221 g/mol. The van der Waals surface area contributed by atoms with Gasteiger partial charge in [0.05, 0.1) is 0 Å². The fraction of sp³-hybridized carbons (Fsp3) is 0.692. The Balaban J connectivity index is 2.86. The highest BCUT2D eigenvalue weighted by molar-refractivity contribution is 5.11. The Morgan fingerprint density at radius 2 is 1.88 bits per heavy atom. The minimum Gasteiger partial charge on any atom is -0.316 e. The van der Waals surface area contributed by atoms with Crippen LogP contribution in [-0.2, 0) is 6.42 Å². The maximum atomic E-state index is 4.48. The normalized spacial score (nSPS) is 13.9. The van der Waals surface area contributed by atoms with Crippen LogP contribution in [0.25, 0.3) is 0 Å². The van der Waals surface area contributed by atoms with Gasteiger partial charge >= 0.3 is 0 Å². The van der Waals surface area contributed by atoms with E-state index in [1.807, 2.05) is 20.9 Å². The molecular formula is C13H23N3. The standard InChI is InChI=1S/C13H23N3/c1-9-7-11(16-10(2)15-9)8-12(14-6)13(3,4)5/h7,12,14H,8H2,1-6H3. The maximum absolute atomic E-state index is 4.48. The summed E-state index contributed by atoms with van der Waals surface area (Å²) in [4.78, 5) is 8.78. The molecule has 16 heavy (non-hydrogen) atoms. The Morgan fingerprint density at radius 3 is 2.31 bits per heavy atom. The molecule has 0 saturated carbocycles. The van der Waals surface area contributed by atoms with E-state index in [0.29, 0.717) is 6.04 Å². The van der Waals surface area contributed by atoms with Crippen LogP contribution in [0.15, 0.2) is 6.07 Å². The maximum Gasteiger partial charge on any atom is 0.125 e. The van der Waals surface area contributed by atoms with Gasteiger partial charge in [0.25, 0.3) is 0 Å². The molecule has 1 aromatic heterocycles. The van der Waals surface area contributed by atoms with Crippen LogP contribution in [0.3, 0.4) is 0 Å². The van der Waals surface area contributed by atoms with E-state index in [-0.39, 0.29) is 5.41 Å². The predicted octanol–water partition coefficient (Wildman–Crippen LogP) is 2.27. The van der Waals surface area contributed by atoms with Gasteiger partial charge in [0.15, 0.2) is 0 Å². The molecule has 0 saturated heterocycles. The lowest BCUT2D eigenvalue weighted by atomic mass is 9.84. The van der Waals surface area contributed by atoms with E-state index in [2.05, 4.69) is 42.1 Å². The van der Waals surface area contributed by atoms with Gasteiger partial charge in [-0.1, -0.05) is 20.8 Å². The fourth-order valence-corrected chi connectivity index (χ4v) is 1.95. The van der Waals surface area contributed by atoms with Crippen LogP contribution < -0.4 is 5.32 Å². The highest BCUT2D eigenvalue weighted by Gasteiger charge is 2.23. The molecule has 1 rings (SSSR count). The van der Waals surface area contributed by atoms with E-state index in [1.54, 1.807) is 0 Å². The molecule has 1 unspecified atom stereocenters. The Kier molecular flexibility index (Phi) is 4.03. The third kappa shape index (κ3) is 3.56. The van der Waals surface area contributed by atoms with Gasteiger partial charge in [0, 0.05) is 23.9 Å². The lowest BCUT2D eigenvalue weighted by molar-refractivity contribution is 0.278. The van der Waals surface area contributed by atoms with E-state index in [4.69, 9.17) is 0 Å². The van der Waals surface area contributed by atoms with Gasteiger partial charge < -0.3 is 5.32 Å². The first kappa shape index (κ1) is 13.1. The molecule has 3 heteroatoms. The third-order valence-electron chi connectivity index (χ3n) is 2.83. The Hall–Kier alpha value is -0.960. The molecule has 1 heterocycles. The number of hydrogen-bond acceptors (Lipinski definition) is 3. The summed E-state index contributed by atoms with van der Waals surface area (Å²) in [5.74, 6) is 0.860. The summed E-state index contributed by atoms with van der Waals surface area (Å²) in [5, 5.41) is 3.37. The minimum absolute atomic E-state index is 0.238. The number of nitrogens with zero attached hydrogens (tertiary/aromatic N) is 2. The summed E-state index contributed by atoms with van der Waals surface area (Å²) in [6.07, 6.45) is 0.949. The van der Waals surface area contributed by atoms with Gasteiger partial charge in [-0.25, -0.2) is 9.97 Å². The van der Waals surface area contributed by atoms with Crippen molar-refractivity contribution in [3.63, 3.8) is 0 Å². The van der Waals surface area contributed by atoms with E-state index in [1.165, 1.54) is 0 Å². The molecule has 0 aromatic carbocycles. The van der Waals surface area contributed by atoms with Gasteiger partial charge in [0.2, 0.25) is 0 Å². The van der Waals surface area contributed by atoms with Gasteiger partial charge in [-0.15, -0.1) is 0 Å². The number of rotatable bonds is 3. The molecule has 0 aliphatic carbocycles. The first-order chi connectivity index (χ1) is 7.32. The summed E-state index contributed by atoms with van der Waals surface area (Å²) in [7, 11) is 2.01. The van der Waals surface area contributed by atoms with E-state index >= 15 is 0 Å². The van der Waals surface area contributed by atoms with Crippen LogP contribution in [0.2, 0.25) is 0 Å². The topological polar surface area (TPSA) is 37.8 Å². The van der Waals surface area contributed by atoms with E-state index in [9.17, 15) is 0 Å². The molecular weight excluding hydrogens is 198 g/mol. The zero-order chi connectivity index (χ0) is 12.3. The molecule has 0 radical (unpaired) electrons. The Bertz CT molecular complexity index is 332. The van der Waals surface area contributed by atoms with Crippen LogP contribution in [-0.4, -0.2) is 23.1 Å². The second kappa shape index (κ2) is 4.91. The number of aromatic nitrogens is 2. The molecule has 1 N–H and O–H groups in total. The molecule has 0 fully saturated rings. The third-order valence-corrected chi connectivity index (χ3v) is 2.83. The van der Waals surface area contributed by atoms with Crippen molar-refractivity contribution < 1.29 is 0 Å². The molecule has 90 valence electrons. The SMILES string of the molecule is CNC(Cc1cc(C)nc(C)n1)C(C)(C)C. The minimum atomic E-state index is 0.238. The van der Waals surface area contributed by atoms with Crippen LogP contribution in [0, 0.1) is 19.3 Å². The number of hydrogen-bond donors (Lipinski definition) is 1. The lowest BCUT2D eigenvalue weighted by Gasteiger charge is -2.30. The monoisotopic (exact) mass is 221 g/mol. The second-order valence-electron chi connectivity index (χ2n) is 5.46. The van der Waals surface area contributed by atoms with Crippen molar-refractivity contribution in [3.05, 3.63) is 23.3 Å². The van der Waals surface area contributed by atoms with Crippen molar-refractivity contribution in [2.75, 3.05) is 7.05 Å². The summed E-state index contributed by atoms with van der Waals surface area (Å²) in [6, 6.07) is 2.50. The van der Waals surface area contributed by atoms with Gasteiger partial charge in [-0.05, 0) is 32.4 Å². The highest BCUT2D eigenvalue weighted by atomic mass is 14.9. The van der Waals surface area contributed by atoms with Crippen LogP contribution in [0.1, 0.15) is 38.0 Å². The molecule has 1 atom stereocenters. The summed E-state index contributed by atoms with van der Waals surface area (Å²) >= 11 is 0. The largest absolute Gasteiger partial charge is 0.316 e. The molecule has 0 amide bonds. The second-order valence-corrected chi connectivity index (χ2v) is 5.46. The number of nitrogens with one attached hydrogen (secondary N) is 1. The van der Waals surface area contributed by atoms with Crippen molar-refractivity contribution >= 4 is 0 Å². The first-order valence-electron chi connectivity index (χ1n) is 5.81. The first-order valence-corrected chi connectivity index (χ1v) is 5.81. The lowest BCUT2D eigenvalue weighted by Crippen LogP contribution is -2.40. The van der Waals surface area contributed by atoms with Crippen LogP contribution in [0.5, 0.6) is 0 Å². The quantitative estimate of drug-likeness (QED) is 0.851. The van der Waals surface area contributed by atoms with Gasteiger partial charge in [-0.3, -0.25) is 0 Å². The van der Waals surface area contributed by atoms with Crippen LogP contribution >= 0.6 is 0 Å². The molecule has 3 nitrogen and oxygen atoms in total. The summed E-state index contributed by atoms with van der Waals surface area (Å²) < 4.78 is 0. The number of likely N-dealkylation sites (N-methyl/N-ethyl adjacent to an activating group) is 1. The van der Waals surface area contributed by atoms with Crippen molar-refractivity contribution in [3.8, 4) is 0 Å². The Morgan fingerprint density at radius 1 is 1.25 bits per heavy atom. The summed E-state index contributed by atoms with van der Waals surface area (Å²) in [6.45, 7) is 10.7. The number of aryl methyl sites for hydroxylation is 2. The molecule has 1 aromatic rings. The molecule has 0 aliphatic rings. The zero-order valence-corrected chi connectivity index (χ0v) is 11.3. The summed E-state index contributed by atoms with van der Waals surface area (Å²) in [5.41, 5.74) is 2.41. The molecule has 0 spiro atoms. The smallest absolute Gasteiger partial charge is 0.125 e. The van der Waals surface area contributed by atoms with Crippen molar-refractivity contribution in [1.82, 2.24) is 15.3 Å². The zero-order valence-electron chi connectivity index (χ0n) is 11.3. The van der Waals surface area contributed by atoms with Gasteiger partial charge in [0.1, 0.15) is 5.82 Å². The highest BCUT2D eigenvalue weighted by Crippen LogP contribution is 2.21. The van der Waals surface area contributed by atoms with E-state index in [0.717, 1.165) is 23.6 Å². The predicted molar refractivity (Wildman–Crippen MR) is 67.5 cm³/mol. The van der Waals surface area contributed by atoms with Crippen molar-refractivity contribution in [2.24, 2.45) is 5.41 Å². The Labute approximate surface area is 98.7 Å². The fourth-order valence-electron chi connectivity index (χ4n) is 1.95. The average Bonchev–Trinajstić information content (AvgIpc) is 2.10.